The van der Waals surface area contributed by atoms with Crippen LogP contribution in [0.2, 0.25) is 5.02 Å². The fraction of sp³-hybridized carbons (Fsp3) is 0.240. The summed E-state index contributed by atoms with van der Waals surface area (Å²) < 4.78 is 11.6. The van der Waals surface area contributed by atoms with E-state index in [1.54, 1.807) is 6.07 Å². The zero-order chi connectivity index (χ0) is 21.7. The van der Waals surface area contributed by atoms with E-state index >= 15 is 0 Å². The molecule has 0 aromatic heterocycles. The molecule has 0 fully saturated rings. The molecule has 0 aliphatic heterocycles. The van der Waals surface area contributed by atoms with Gasteiger partial charge in [0.15, 0.2) is 0 Å². The lowest BCUT2D eigenvalue weighted by molar-refractivity contribution is 0.102. The van der Waals surface area contributed by atoms with Crippen molar-refractivity contribution in [3.63, 3.8) is 0 Å². The lowest BCUT2D eigenvalue weighted by atomic mass is 10.1. The third kappa shape index (κ3) is 5.33. The summed E-state index contributed by atoms with van der Waals surface area (Å²) in [6, 6.07) is 16.8. The van der Waals surface area contributed by atoms with Crippen molar-refractivity contribution in [2.75, 3.05) is 11.9 Å². The topological polar surface area (TPSA) is 47.6 Å². The predicted octanol–water partition coefficient (Wildman–Crippen LogP) is 6.50. The highest BCUT2D eigenvalue weighted by molar-refractivity contribution is 6.31. The molecule has 156 valence electrons. The zero-order valence-corrected chi connectivity index (χ0v) is 18.5. The summed E-state index contributed by atoms with van der Waals surface area (Å²) in [6.45, 7) is 8.73. The van der Waals surface area contributed by atoms with Gasteiger partial charge in [0.25, 0.3) is 5.91 Å². The number of halogens is 1. The first-order valence-corrected chi connectivity index (χ1v) is 10.3. The first-order chi connectivity index (χ1) is 14.4. The van der Waals surface area contributed by atoms with Gasteiger partial charge in [-0.2, -0.15) is 0 Å². The number of hydrogen-bond donors (Lipinski definition) is 1. The summed E-state index contributed by atoms with van der Waals surface area (Å²) in [5, 5.41) is 3.65. The maximum atomic E-state index is 12.8. The number of ether oxygens (including phenoxy) is 2. The lowest BCUT2D eigenvalue weighted by Gasteiger charge is -2.14. The zero-order valence-electron chi connectivity index (χ0n) is 17.7. The van der Waals surface area contributed by atoms with Crippen molar-refractivity contribution in [1.82, 2.24) is 0 Å². The maximum Gasteiger partial charge on any atom is 0.255 e. The van der Waals surface area contributed by atoms with E-state index in [4.69, 9.17) is 21.1 Å². The minimum atomic E-state index is -0.176. The van der Waals surface area contributed by atoms with Crippen LogP contribution < -0.4 is 14.8 Å². The Labute approximate surface area is 182 Å². The summed E-state index contributed by atoms with van der Waals surface area (Å²) >= 11 is 6.08. The third-order valence-corrected chi connectivity index (χ3v) is 5.34. The predicted molar refractivity (Wildman–Crippen MR) is 122 cm³/mol. The van der Waals surface area contributed by atoms with Crippen LogP contribution in [0.25, 0.3) is 0 Å². The van der Waals surface area contributed by atoms with E-state index in [0.717, 1.165) is 22.4 Å². The Hall–Kier alpha value is -2.98. The molecule has 30 heavy (non-hydrogen) atoms. The molecule has 3 aromatic carbocycles. The maximum absolute atomic E-state index is 12.8. The smallest absolute Gasteiger partial charge is 0.255 e. The van der Waals surface area contributed by atoms with Crippen LogP contribution in [0.15, 0.2) is 54.6 Å². The van der Waals surface area contributed by atoms with Crippen molar-refractivity contribution < 1.29 is 14.3 Å². The Morgan fingerprint density at radius 3 is 2.40 bits per heavy atom. The standard InChI is InChI=1S/C25H26ClNO3/c1-5-29-24-11-7-19(25(28)27-21-8-6-16(2)17(3)12-21)14-20(24)15-30-22-9-10-23(26)18(4)13-22/h6-14H,5,15H2,1-4H3,(H,27,28). The van der Waals surface area contributed by atoms with Crippen molar-refractivity contribution in [3.8, 4) is 11.5 Å². The van der Waals surface area contributed by atoms with Crippen LogP contribution in [-0.4, -0.2) is 12.5 Å². The second-order valence-corrected chi connectivity index (χ2v) is 7.62. The van der Waals surface area contributed by atoms with Gasteiger partial charge in [-0.05, 0) is 92.9 Å². The average Bonchev–Trinajstić information content (AvgIpc) is 2.72. The number of benzene rings is 3. The molecule has 0 radical (unpaired) electrons. The van der Waals surface area contributed by atoms with E-state index < -0.39 is 0 Å². The van der Waals surface area contributed by atoms with Gasteiger partial charge in [0.05, 0.1) is 6.61 Å². The van der Waals surface area contributed by atoms with Crippen molar-refractivity contribution in [1.29, 1.82) is 0 Å². The van der Waals surface area contributed by atoms with Crippen LogP contribution in [-0.2, 0) is 6.61 Å². The molecule has 1 amide bonds. The summed E-state index contributed by atoms with van der Waals surface area (Å²) in [4.78, 5) is 12.8. The van der Waals surface area contributed by atoms with Gasteiger partial charge in [-0.15, -0.1) is 0 Å². The van der Waals surface area contributed by atoms with E-state index in [1.165, 1.54) is 5.56 Å². The number of carbonyl (C=O) groups excluding carboxylic acids is 1. The number of amides is 1. The molecular formula is C25H26ClNO3. The van der Waals surface area contributed by atoms with Gasteiger partial charge in [-0.1, -0.05) is 17.7 Å². The molecule has 0 bridgehead atoms. The Balaban J connectivity index is 1.79. The molecule has 0 saturated heterocycles. The average molecular weight is 424 g/mol. The van der Waals surface area contributed by atoms with Crippen molar-refractivity contribution >= 4 is 23.2 Å². The van der Waals surface area contributed by atoms with Crippen LogP contribution in [0, 0.1) is 20.8 Å². The molecule has 0 aliphatic rings. The van der Waals surface area contributed by atoms with Gasteiger partial charge in [0.2, 0.25) is 0 Å². The molecule has 0 heterocycles. The van der Waals surface area contributed by atoms with Crippen LogP contribution in [0.5, 0.6) is 11.5 Å². The molecule has 0 unspecified atom stereocenters. The first-order valence-electron chi connectivity index (χ1n) is 9.90. The van der Waals surface area contributed by atoms with Gasteiger partial charge in [0, 0.05) is 21.8 Å². The first kappa shape index (κ1) is 21.7. The SMILES string of the molecule is CCOc1ccc(C(=O)Nc2ccc(C)c(C)c2)cc1COc1ccc(Cl)c(C)c1. The number of carbonyl (C=O) groups is 1. The normalized spacial score (nSPS) is 10.6. The van der Waals surface area contributed by atoms with E-state index in [9.17, 15) is 4.79 Å². The Bertz CT molecular complexity index is 1060. The third-order valence-electron chi connectivity index (χ3n) is 4.91. The highest BCUT2D eigenvalue weighted by Crippen LogP contribution is 2.26. The highest BCUT2D eigenvalue weighted by Gasteiger charge is 2.12. The lowest BCUT2D eigenvalue weighted by Crippen LogP contribution is -2.13. The fourth-order valence-electron chi connectivity index (χ4n) is 3.02. The van der Waals surface area contributed by atoms with Gasteiger partial charge in [0.1, 0.15) is 18.1 Å². The summed E-state index contributed by atoms with van der Waals surface area (Å²) in [6.07, 6.45) is 0. The minimum absolute atomic E-state index is 0.176. The van der Waals surface area contributed by atoms with Crippen molar-refractivity contribution in [2.45, 2.75) is 34.3 Å². The van der Waals surface area contributed by atoms with E-state index in [2.05, 4.69) is 5.32 Å². The van der Waals surface area contributed by atoms with Gasteiger partial charge >= 0.3 is 0 Å². The largest absolute Gasteiger partial charge is 0.493 e. The quantitative estimate of drug-likeness (QED) is 0.472. The van der Waals surface area contributed by atoms with Crippen molar-refractivity contribution in [2.24, 2.45) is 0 Å². The highest BCUT2D eigenvalue weighted by atomic mass is 35.5. The van der Waals surface area contributed by atoms with E-state index in [0.29, 0.717) is 28.7 Å². The fourth-order valence-corrected chi connectivity index (χ4v) is 3.14. The van der Waals surface area contributed by atoms with Crippen LogP contribution >= 0.6 is 11.6 Å². The molecule has 0 atom stereocenters. The molecule has 3 rings (SSSR count). The second-order valence-electron chi connectivity index (χ2n) is 7.21. The Kier molecular flexibility index (Phi) is 7.01. The molecule has 0 saturated carbocycles. The van der Waals surface area contributed by atoms with Gasteiger partial charge in [-0.25, -0.2) is 0 Å². The molecule has 1 N–H and O–H groups in total. The Morgan fingerprint density at radius 1 is 0.900 bits per heavy atom. The van der Waals surface area contributed by atoms with Crippen molar-refractivity contribution in [3.05, 3.63) is 87.4 Å². The van der Waals surface area contributed by atoms with E-state index in [-0.39, 0.29) is 12.5 Å². The van der Waals surface area contributed by atoms with Gasteiger partial charge in [-0.3, -0.25) is 4.79 Å². The molecule has 0 aliphatic carbocycles. The van der Waals surface area contributed by atoms with Crippen LogP contribution in [0.4, 0.5) is 5.69 Å². The molecule has 0 spiro atoms. The minimum Gasteiger partial charge on any atom is -0.493 e. The molecule has 4 nitrogen and oxygen atoms in total. The van der Waals surface area contributed by atoms with Gasteiger partial charge < -0.3 is 14.8 Å². The number of aryl methyl sites for hydroxylation is 3. The second kappa shape index (κ2) is 9.68. The summed E-state index contributed by atoms with van der Waals surface area (Å²) in [5.41, 5.74) is 5.38. The number of nitrogens with one attached hydrogen (secondary N) is 1. The Morgan fingerprint density at radius 2 is 1.70 bits per heavy atom. The molecular weight excluding hydrogens is 398 g/mol. The number of rotatable bonds is 7. The summed E-state index contributed by atoms with van der Waals surface area (Å²) in [5.74, 6) is 1.24. The molecule has 3 aromatic rings. The summed E-state index contributed by atoms with van der Waals surface area (Å²) in [7, 11) is 0. The van der Waals surface area contributed by atoms with Crippen LogP contribution in [0.1, 0.15) is 39.5 Å². The number of anilines is 1. The monoisotopic (exact) mass is 423 g/mol. The van der Waals surface area contributed by atoms with E-state index in [1.807, 2.05) is 76.2 Å². The van der Waals surface area contributed by atoms with Crippen LogP contribution in [0.3, 0.4) is 0 Å². The number of hydrogen-bond acceptors (Lipinski definition) is 3. The molecule has 5 heteroatoms.